The van der Waals surface area contributed by atoms with Gasteiger partial charge >= 0.3 is 0 Å². The Bertz CT molecular complexity index is 326. The Kier molecular flexibility index (Phi) is 6.01. The highest BCUT2D eigenvalue weighted by Crippen LogP contribution is 2.13. The average Bonchev–Trinajstić information content (AvgIpc) is 2.34. The molecule has 0 amide bonds. The number of benzene rings is 1. The van der Waals surface area contributed by atoms with Gasteiger partial charge in [0.25, 0.3) is 0 Å². The Morgan fingerprint density at radius 1 is 1.24 bits per heavy atom. The second-order valence-corrected chi connectivity index (χ2v) is 4.54. The standard InChI is InChI=1S/C14H23NO2/c1-11(2)14(10-16-3)15-9-12-6-5-7-13(8-12)17-4/h5-8,11,14-15H,9-10H2,1-4H3. The summed E-state index contributed by atoms with van der Waals surface area (Å²) in [5.41, 5.74) is 1.23. The van der Waals surface area contributed by atoms with Crippen molar-refractivity contribution in [2.45, 2.75) is 26.4 Å². The first kappa shape index (κ1) is 14.0. The summed E-state index contributed by atoms with van der Waals surface area (Å²) in [5.74, 6) is 1.46. The molecule has 1 aromatic carbocycles. The van der Waals surface area contributed by atoms with E-state index in [-0.39, 0.29) is 0 Å². The smallest absolute Gasteiger partial charge is 0.119 e. The summed E-state index contributed by atoms with van der Waals surface area (Å²) in [5, 5.41) is 3.51. The maximum Gasteiger partial charge on any atom is 0.119 e. The summed E-state index contributed by atoms with van der Waals surface area (Å²) >= 11 is 0. The van der Waals surface area contributed by atoms with E-state index in [0.29, 0.717) is 12.0 Å². The van der Waals surface area contributed by atoms with Gasteiger partial charge in [0.2, 0.25) is 0 Å². The van der Waals surface area contributed by atoms with Gasteiger partial charge in [0.05, 0.1) is 13.7 Å². The van der Waals surface area contributed by atoms with Crippen LogP contribution in [0.15, 0.2) is 24.3 Å². The molecule has 0 fully saturated rings. The molecule has 1 rings (SSSR count). The zero-order valence-corrected chi connectivity index (χ0v) is 11.2. The molecule has 1 unspecified atom stereocenters. The first-order chi connectivity index (χ1) is 8.17. The third kappa shape index (κ3) is 4.75. The number of hydrogen-bond donors (Lipinski definition) is 1. The SMILES string of the molecule is COCC(NCc1cccc(OC)c1)C(C)C. The van der Waals surface area contributed by atoms with Crippen LogP contribution in [-0.4, -0.2) is 26.9 Å². The number of hydrogen-bond acceptors (Lipinski definition) is 3. The zero-order chi connectivity index (χ0) is 12.7. The van der Waals surface area contributed by atoms with E-state index in [4.69, 9.17) is 9.47 Å². The predicted molar refractivity (Wildman–Crippen MR) is 70.3 cm³/mol. The first-order valence-electron chi connectivity index (χ1n) is 6.02. The van der Waals surface area contributed by atoms with Crippen molar-refractivity contribution < 1.29 is 9.47 Å². The third-order valence-electron chi connectivity index (χ3n) is 2.85. The number of methoxy groups -OCH3 is 2. The van der Waals surface area contributed by atoms with Crippen molar-refractivity contribution in [1.29, 1.82) is 0 Å². The summed E-state index contributed by atoms with van der Waals surface area (Å²) in [6, 6.07) is 8.50. The van der Waals surface area contributed by atoms with Crippen molar-refractivity contribution in [2.24, 2.45) is 5.92 Å². The van der Waals surface area contributed by atoms with Crippen LogP contribution >= 0.6 is 0 Å². The maximum absolute atomic E-state index is 5.21. The van der Waals surface area contributed by atoms with Crippen LogP contribution in [0.1, 0.15) is 19.4 Å². The molecule has 0 heterocycles. The van der Waals surface area contributed by atoms with Gasteiger partial charge in [-0.15, -0.1) is 0 Å². The van der Waals surface area contributed by atoms with Gasteiger partial charge < -0.3 is 14.8 Å². The molecule has 0 saturated heterocycles. The molecule has 17 heavy (non-hydrogen) atoms. The Balaban J connectivity index is 2.52. The molecule has 0 aliphatic heterocycles. The van der Waals surface area contributed by atoms with E-state index in [1.165, 1.54) is 5.56 Å². The second-order valence-electron chi connectivity index (χ2n) is 4.54. The topological polar surface area (TPSA) is 30.5 Å². The normalized spacial score (nSPS) is 12.8. The molecule has 0 saturated carbocycles. The van der Waals surface area contributed by atoms with E-state index >= 15 is 0 Å². The lowest BCUT2D eigenvalue weighted by molar-refractivity contribution is 0.146. The van der Waals surface area contributed by atoms with Crippen LogP contribution in [0.25, 0.3) is 0 Å². The van der Waals surface area contributed by atoms with Crippen molar-refractivity contribution in [1.82, 2.24) is 5.32 Å². The van der Waals surface area contributed by atoms with E-state index < -0.39 is 0 Å². The van der Waals surface area contributed by atoms with E-state index in [1.54, 1.807) is 14.2 Å². The Labute approximate surface area is 104 Å². The van der Waals surface area contributed by atoms with E-state index in [2.05, 4.69) is 31.3 Å². The van der Waals surface area contributed by atoms with Gasteiger partial charge in [0, 0.05) is 19.7 Å². The minimum atomic E-state index is 0.381. The van der Waals surface area contributed by atoms with E-state index in [1.807, 2.05) is 12.1 Å². The Morgan fingerprint density at radius 2 is 2.00 bits per heavy atom. The zero-order valence-electron chi connectivity index (χ0n) is 11.2. The molecule has 96 valence electrons. The fourth-order valence-corrected chi connectivity index (χ4v) is 1.70. The van der Waals surface area contributed by atoms with Crippen LogP contribution in [-0.2, 0) is 11.3 Å². The van der Waals surface area contributed by atoms with Crippen molar-refractivity contribution >= 4 is 0 Å². The summed E-state index contributed by atoms with van der Waals surface area (Å²) in [6.07, 6.45) is 0. The van der Waals surface area contributed by atoms with E-state index in [9.17, 15) is 0 Å². The van der Waals surface area contributed by atoms with Gasteiger partial charge in [0.1, 0.15) is 5.75 Å². The minimum Gasteiger partial charge on any atom is -0.497 e. The van der Waals surface area contributed by atoms with Crippen molar-refractivity contribution in [3.63, 3.8) is 0 Å². The molecular formula is C14H23NO2. The van der Waals surface area contributed by atoms with Crippen molar-refractivity contribution in [3.05, 3.63) is 29.8 Å². The van der Waals surface area contributed by atoms with Crippen LogP contribution < -0.4 is 10.1 Å². The highest BCUT2D eigenvalue weighted by Gasteiger charge is 2.12. The summed E-state index contributed by atoms with van der Waals surface area (Å²) in [6.45, 7) is 5.97. The summed E-state index contributed by atoms with van der Waals surface area (Å²) in [7, 11) is 3.43. The van der Waals surface area contributed by atoms with Crippen LogP contribution in [0.2, 0.25) is 0 Å². The molecule has 0 radical (unpaired) electrons. The molecule has 1 aromatic rings. The lowest BCUT2D eigenvalue weighted by atomic mass is 10.0. The maximum atomic E-state index is 5.21. The largest absolute Gasteiger partial charge is 0.497 e. The van der Waals surface area contributed by atoms with Gasteiger partial charge in [-0.3, -0.25) is 0 Å². The third-order valence-corrected chi connectivity index (χ3v) is 2.85. The molecule has 0 aromatic heterocycles. The lowest BCUT2D eigenvalue weighted by Crippen LogP contribution is -2.37. The summed E-state index contributed by atoms with van der Waals surface area (Å²) < 4.78 is 10.4. The van der Waals surface area contributed by atoms with Gasteiger partial charge in [-0.05, 0) is 23.6 Å². The molecule has 0 aliphatic carbocycles. The molecule has 0 spiro atoms. The fourth-order valence-electron chi connectivity index (χ4n) is 1.70. The molecular weight excluding hydrogens is 214 g/mol. The van der Waals surface area contributed by atoms with Crippen LogP contribution in [0.5, 0.6) is 5.75 Å². The highest BCUT2D eigenvalue weighted by atomic mass is 16.5. The van der Waals surface area contributed by atoms with Gasteiger partial charge in [-0.1, -0.05) is 26.0 Å². The Hall–Kier alpha value is -1.06. The summed E-state index contributed by atoms with van der Waals surface area (Å²) in [4.78, 5) is 0. The molecule has 1 atom stereocenters. The number of ether oxygens (including phenoxy) is 2. The molecule has 0 aliphatic rings. The monoisotopic (exact) mass is 237 g/mol. The van der Waals surface area contributed by atoms with Gasteiger partial charge in [-0.2, -0.15) is 0 Å². The first-order valence-corrected chi connectivity index (χ1v) is 6.02. The van der Waals surface area contributed by atoms with Crippen LogP contribution in [0, 0.1) is 5.92 Å². The highest BCUT2D eigenvalue weighted by molar-refractivity contribution is 5.28. The number of nitrogens with one attached hydrogen (secondary N) is 1. The quantitative estimate of drug-likeness (QED) is 0.790. The second kappa shape index (κ2) is 7.30. The average molecular weight is 237 g/mol. The Morgan fingerprint density at radius 3 is 2.59 bits per heavy atom. The number of rotatable bonds is 7. The molecule has 0 bridgehead atoms. The predicted octanol–water partition coefficient (Wildman–Crippen LogP) is 2.46. The van der Waals surface area contributed by atoms with Crippen molar-refractivity contribution in [2.75, 3.05) is 20.8 Å². The molecule has 3 nitrogen and oxygen atoms in total. The van der Waals surface area contributed by atoms with Gasteiger partial charge in [-0.25, -0.2) is 0 Å². The van der Waals surface area contributed by atoms with Crippen LogP contribution in [0.3, 0.4) is 0 Å². The minimum absolute atomic E-state index is 0.381. The molecule has 1 N–H and O–H groups in total. The van der Waals surface area contributed by atoms with Gasteiger partial charge in [0.15, 0.2) is 0 Å². The van der Waals surface area contributed by atoms with E-state index in [0.717, 1.165) is 18.9 Å². The lowest BCUT2D eigenvalue weighted by Gasteiger charge is -2.21. The molecule has 3 heteroatoms. The van der Waals surface area contributed by atoms with Crippen LogP contribution in [0.4, 0.5) is 0 Å². The van der Waals surface area contributed by atoms with Crippen molar-refractivity contribution in [3.8, 4) is 5.75 Å². The fraction of sp³-hybridized carbons (Fsp3) is 0.571.